The van der Waals surface area contributed by atoms with Gasteiger partial charge in [0, 0.05) is 51.9 Å². The quantitative estimate of drug-likeness (QED) is 0.623. The number of anilines is 1. The molecule has 160 valence electrons. The van der Waals surface area contributed by atoms with Gasteiger partial charge in [0.2, 0.25) is 11.8 Å². The van der Waals surface area contributed by atoms with E-state index in [0.29, 0.717) is 12.5 Å². The Bertz CT molecular complexity index is 708. The fourth-order valence-electron chi connectivity index (χ4n) is 4.76. The molecule has 3 atom stereocenters. The van der Waals surface area contributed by atoms with Crippen LogP contribution in [0.1, 0.15) is 33.1 Å². The van der Waals surface area contributed by atoms with Crippen molar-refractivity contribution in [3.05, 3.63) is 30.3 Å². The van der Waals surface area contributed by atoms with E-state index >= 15 is 0 Å². The molecule has 3 rings (SSSR count). The highest BCUT2D eigenvalue weighted by molar-refractivity contribution is 5.85. The SMILES string of the molecule is CNC(=O)[C@@H]1C[C@@]2(C[C@@H]2C(=O)NCCCN(C)c2ccccc2)CN1CC(C)C. The maximum atomic E-state index is 12.7. The molecule has 0 unspecified atom stereocenters. The lowest BCUT2D eigenvalue weighted by Crippen LogP contribution is -2.43. The summed E-state index contributed by atoms with van der Waals surface area (Å²) in [6, 6.07) is 10.2. The summed E-state index contributed by atoms with van der Waals surface area (Å²) in [6.45, 7) is 7.71. The Morgan fingerprint density at radius 3 is 2.59 bits per heavy atom. The normalized spacial score (nSPS) is 26.0. The van der Waals surface area contributed by atoms with Gasteiger partial charge in [-0.25, -0.2) is 0 Å². The van der Waals surface area contributed by atoms with Crippen molar-refractivity contribution in [2.75, 3.05) is 45.2 Å². The summed E-state index contributed by atoms with van der Waals surface area (Å²) in [4.78, 5) is 29.5. The zero-order valence-electron chi connectivity index (χ0n) is 18.3. The number of nitrogens with one attached hydrogen (secondary N) is 2. The van der Waals surface area contributed by atoms with E-state index in [0.717, 1.165) is 38.9 Å². The molecule has 1 aliphatic heterocycles. The lowest BCUT2D eigenvalue weighted by molar-refractivity contribution is -0.125. The second-order valence-corrected chi connectivity index (χ2v) is 9.18. The molecule has 2 amide bonds. The second kappa shape index (κ2) is 9.16. The minimum Gasteiger partial charge on any atom is -0.375 e. The topological polar surface area (TPSA) is 64.7 Å². The summed E-state index contributed by atoms with van der Waals surface area (Å²) in [5.74, 6) is 0.801. The van der Waals surface area contributed by atoms with E-state index in [1.807, 2.05) is 18.2 Å². The van der Waals surface area contributed by atoms with Gasteiger partial charge in [-0.05, 0) is 42.7 Å². The van der Waals surface area contributed by atoms with E-state index in [-0.39, 0.29) is 29.2 Å². The standard InChI is InChI=1S/C23H36N4O2/c1-17(2)15-27-16-23(14-20(27)22(29)24-3)13-19(23)21(28)25-11-8-12-26(4)18-9-6-5-7-10-18/h5-7,9-10,17,19-20H,8,11-16H2,1-4H3,(H,24,29)(H,25,28)/t19-,20+,23+/m1/s1. The van der Waals surface area contributed by atoms with Gasteiger partial charge in [-0.3, -0.25) is 14.5 Å². The number of amides is 2. The summed E-state index contributed by atoms with van der Waals surface area (Å²) in [7, 11) is 3.78. The van der Waals surface area contributed by atoms with E-state index in [4.69, 9.17) is 0 Å². The minimum absolute atomic E-state index is 0.00300. The fraction of sp³-hybridized carbons (Fsp3) is 0.652. The first-order valence-corrected chi connectivity index (χ1v) is 10.9. The van der Waals surface area contributed by atoms with Crippen molar-refractivity contribution in [2.45, 2.75) is 39.2 Å². The van der Waals surface area contributed by atoms with Gasteiger partial charge in [0.15, 0.2) is 0 Å². The largest absolute Gasteiger partial charge is 0.375 e. The average Bonchev–Trinajstić information content (AvgIpc) is 3.29. The van der Waals surface area contributed by atoms with Gasteiger partial charge >= 0.3 is 0 Å². The molecule has 2 aliphatic rings. The first kappa shape index (κ1) is 21.6. The Hall–Kier alpha value is -2.08. The molecule has 1 saturated heterocycles. The van der Waals surface area contributed by atoms with E-state index in [1.54, 1.807) is 7.05 Å². The Morgan fingerprint density at radius 1 is 1.21 bits per heavy atom. The Kier molecular flexibility index (Phi) is 6.83. The highest BCUT2D eigenvalue weighted by Crippen LogP contribution is 2.60. The van der Waals surface area contributed by atoms with Crippen molar-refractivity contribution in [2.24, 2.45) is 17.3 Å². The number of carbonyl (C=O) groups is 2. The maximum absolute atomic E-state index is 12.7. The van der Waals surface area contributed by atoms with E-state index in [9.17, 15) is 9.59 Å². The van der Waals surface area contributed by atoms with Crippen molar-refractivity contribution in [3.8, 4) is 0 Å². The van der Waals surface area contributed by atoms with Gasteiger partial charge in [-0.2, -0.15) is 0 Å². The van der Waals surface area contributed by atoms with Gasteiger partial charge in [0.1, 0.15) is 0 Å². The van der Waals surface area contributed by atoms with Crippen molar-refractivity contribution in [3.63, 3.8) is 0 Å². The first-order valence-electron chi connectivity index (χ1n) is 10.9. The maximum Gasteiger partial charge on any atom is 0.237 e. The van der Waals surface area contributed by atoms with E-state index in [1.165, 1.54) is 5.69 Å². The van der Waals surface area contributed by atoms with E-state index < -0.39 is 0 Å². The number of carbonyl (C=O) groups excluding carboxylic acids is 2. The molecule has 0 bridgehead atoms. The van der Waals surface area contributed by atoms with Crippen LogP contribution in [0, 0.1) is 17.3 Å². The smallest absolute Gasteiger partial charge is 0.237 e. The molecule has 1 saturated carbocycles. The lowest BCUT2D eigenvalue weighted by atomic mass is 9.99. The van der Waals surface area contributed by atoms with Crippen LogP contribution in [-0.4, -0.2) is 63.0 Å². The molecule has 6 nitrogen and oxygen atoms in total. The first-order chi connectivity index (χ1) is 13.9. The number of likely N-dealkylation sites (N-methyl/N-ethyl adjacent to an activating group) is 1. The number of likely N-dealkylation sites (tertiary alicyclic amines) is 1. The molecule has 1 aromatic carbocycles. The Labute approximate surface area is 175 Å². The van der Waals surface area contributed by atoms with Gasteiger partial charge < -0.3 is 15.5 Å². The number of hydrogen-bond donors (Lipinski definition) is 2. The molecule has 29 heavy (non-hydrogen) atoms. The fourth-order valence-corrected chi connectivity index (χ4v) is 4.76. The van der Waals surface area contributed by atoms with E-state index in [2.05, 4.69) is 53.5 Å². The average molecular weight is 401 g/mol. The van der Waals surface area contributed by atoms with Gasteiger partial charge in [-0.15, -0.1) is 0 Å². The van der Waals surface area contributed by atoms with Crippen LogP contribution in [0.3, 0.4) is 0 Å². The third-order valence-electron chi connectivity index (χ3n) is 6.38. The molecule has 1 heterocycles. The van der Waals surface area contributed by atoms with Gasteiger partial charge in [-0.1, -0.05) is 32.0 Å². The van der Waals surface area contributed by atoms with Crippen LogP contribution in [0.4, 0.5) is 5.69 Å². The number of para-hydroxylation sites is 1. The van der Waals surface area contributed by atoms with Crippen molar-refractivity contribution in [1.82, 2.24) is 15.5 Å². The summed E-state index contributed by atoms with van der Waals surface area (Å²) in [5.41, 5.74) is 1.19. The Balaban J connectivity index is 1.45. The van der Waals surface area contributed by atoms with Crippen LogP contribution in [0.5, 0.6) is 0 Å². The summed E-state index contributed by atoms with van der Waals surface area (Å²) in [5, 5.41) is 5.93. The number of nitrogens with zero attached hydrogens (tertiary/aromatic N) is 2. The number of rotatable bonds is 9. The van der Waals surface area contributed by atoms with Crippen LogP contribution < -0.4 is 15.5 Å². The zero-order valence-corrected chi connectivity index (χ0v) is 18.3. The summed E-state index contributed by atoms with van der Waals surface area (Å²) in [6.07, 6.45) is 2.62. The van der Waals surface area contributed by atoms with Crippen LogP contribution in [0.2, 0.25) is 0 Å². The van der Waals surface area contributed by atoms with Gasteiger partial charge in [0.05, 0.1) is 6.04 Å². The molecule has 0 aromatic heterocycles. The molecule has 6 heteroatoms. The minimum atomic E-state index is -0.0975. The third-order valence-corrected chi connectivity index (χ3v) is 6.38. The zero-order chi connectivity index (χ0) is 21.0. The molecular formula is C23H36N4O2. The molecule has 1 spiro atoms. The molecular weight excluding hydrogens is 364 g/mol. The predicted molar refractivity (Wildman–Crippen MR) is 117 cm³/mol. The Morgan fingerprint density at radius 2 is 1.93 bits per heavy atom. The molecule has 1 aromatic rings. The number of benzene rings is 1. The second-order valence-electron chi connectivity index (χ2n) is 9.18. The molecule has 2 fully saturated rings. The van der Waals surface area contributed by atoms with Gasteiger partial charge in [0.25, 0.3) is 0 Å². The molecule has 0 radical (unpaired) electrons. The van der Waals surface area contributed by atoms with Crippen LogP contribution in [0.15, 0.2) is 30.3 Å². The summed E-state index contributed by atoms with van der Waals surface area (Å²) < 4.78 is 0. The van der Waals surface area contributed by atoms with Crippen LogP contribution in [0.25, 0.3) is 0 Å². The predicted octanol–water partition coefficient (Wildman–Crippen LogP) is 2.11. The highest BCUT2D eigenvalue weighted by atomic mass is 16.2. The van der Waals surface area contributed by atoms with Crippen LogP contribution in [-0.2, 0) is 9.59 Å². The third kappa shape index (κ3) is 5.10. The van der Waals surface area contributed by atoms with Crippen LogP contribution >= 0.6 is 0 Å². The summed E-state index contributed by atoms with van der Waals surface area (Å²) >= 11 is 0. The lowest BCUT2D eigenvalue weighted by Gasteiger charge is -2.24. The molecule has 1 aliphatic carbocycles. The van der Waals surface area contributed by atoms with Crippen molar-refractivity contribution in [1.29, 1.82) is 0 Å². The van der Waals surface area contributed by atoms with Crippen molar-refractivity contribution < 1.29 is 9.59 Å². The van der Waals surface area contributed by atoms with Crippen molar-refractivity contribution >= 4 is 17.5 Å². The number of hydrogen-bond acceptors (Lipinski definition) is 4. The molecule has 2 N–H and O–H groups in total. The monoisotopic (exact) mass is 400 g/mol. The highest BCUT2D eigenvalue weighted by Gasteiger charge is 2.63.